The predicted molar refractivity (Wildman–Crippen MR) is 190 cm³/mol. The summed E-state index contributed by atoms with van der Waals surface area (Å²) in [7, 11) is -3.91. The number of alkyl carbamates (subject to hydrolysis) is 1. The van der Waals surface area contributed by atoms with E-state index in [1.54, 1.807) is 32.9 Å². The number of halogens is 1. The first kappa shape index (κ1) is 37.5. The number of pyridine rings is 1. The van der Waals surface area contributed by atoms with Crippen LogP contribution in [-0.2, 0) is 29.1 Å². The molecule has 2 aromatic rings. The Hall–Kier alpha value is -4.27. The van der Waals surface area contributed by atoms with Crippen molar-refractivity contribution in [2.75, 3.05) is 6.54 Å². The number of carbonyl (C=O) groups excluding carboxylic acids is 4. The second-order valence-corrected chi connectivity index (χ2v) is 17.8. The van der Waals surface area contributed by atoms with Crippen LogP contribution in [0.5, 0.6) is 5.88 Å². The Balaban J connectivity index is 1.34. The number of aromatic nitrogens is 1. The van der Waals surface area contributed by atoms with Gasteiger partial charge in [-0.2, -0.15) is 0 Å². The Morgan fingerprint density at radius 2 is 1.85 bits per heavy atom. The lowest BCUT2D eigenvalue weighted by Crippen LogP contribution is -2.59. The number of carbonyl (C=O) groups is 4. The van der Waals surface area contributed by atoms with Crippen LogP contribution in [-0.4, -0.2) is 83.2 Å². The topological polar surface area (TPSA) is 173 Å². The molecule has 2 saturated carbocycles. The van der Waals surface area contributed by atoms with Gasteiger partial charge in [-0.25, -0.2) is 22.6 Å². The lowest BCUT2D eigenvalue weighted by Gasteiger charge is -2.33. The van der Waals surface area contributed by atoms with Gasteiger partial charge in [0.1, 0.15) is 35.1 Å². The quantitative estimate of drug-likeness (QED) is 0.369. The van der Waals surface area contributed by atoms with Gasteiger partial charge in [-0.1, -0.05) is 32.1 Å². The summed E-state index contributed by atoms with van der Waals surface area (Å²) in [6, 6.07) is 3.68. The number of amides is 4. The minimum Gasteiger partial charge on any atom is -0.472 e. The highest BCUT2D eigenvalue weighted by molar-refractivity contribution is 7.91. The van der Waals surface area contributed by atoms with Crippen molar-refractivity contribution in [3.05, 3.63) is 48.4 Å². The molecule has 3 heterocycles. The maximum atomic E-state index is 14.6. The van der Waals surface area contributed by atoms with Crippen molar-refractivity contribution in [1.29, 1.82) is 0 Å². The number of hydrogen-bond donors (Lipinski definition) is 3. The molecule has 1 aromatic carbocycles. The lowest BCUT2D eigenvalue weighted by atomic mass is 9.88. The molecule has 7 atom stereocenters. The average molecular weight is 742 g/mol. The maximum Gasteiger partial charge on any atom is 0.408 e. The minimum absolute atomic E-state index is 0.0204. The van der Waals surface area contributed by atoms with Crippen molar-refractivity contribution in [1.82, 2.24) is 25.2 Å². The van der Waals surface area contributed by atoms with Crippen molar-refractivity contribution in [3.63, 3.8) is 0 Å². The van der Waals surface area contributed by atoms with E-state index in [1.807, 2.05) is 19.1 Å². The van der Waals surface area contributed by atoms with Crippen LogP contribution in [0.3, 0.4) is 0 Å². The minimum atomic E-state index is -3.91. The molecule has 2 aliphatic carbocycles. The van der Waals surface area contributed by atoms with E-state index in [-0.39, 0.29) is 37.1 Å². The molecule has 4 aliphatic rings. The number of nitrogens with one attached hydrogen (secondary N) is 3. The van der Waals surface area contributed by atoms with E-state index in [0.29, 0.717) is 36.5 Å². The monoisotopic (exact) mass is 741 g/mol. The summed E-state index contributed by atoms with van der Waals surface area (Å²) in [4.78, 5) is 61.5. The highest BCUT2D eigenvalue weighted by Crippen LogP contribution is 2.46. The SMILES string of the molecule is C[C@@H]1CC/C=C\[C@@H]2C[C@@]2(C(=O)NS(=O)(=O)C2CC2)NC(=O)[C@@H]2C[C@@H](Oc3nccc4ccc(F)cc34)CN2C(=O)[C@@H](NC(=O)OC(C)(C)C)[C@H](C)C1. The van der Waals surface area contributed by atoms with Crippen LogP contribution in [0.4, 0.5) is 9.18 Å². The molecule has 4 amide bonds. The Morgan fingerprint density at radius 1 is 1.10 bits per heavy atom. The van der Waals surface area contributed by atoms with Gasteiger partial charge in [0.05, 0.1) is 11.8 Å². The zero-order valence-electron chi connectivity index (χ0n) is 30.2. The first-order valence-electron chi connectivity index (χ1n) is 18.0. The van der Waals surface area contributed by atoms with Gasteiger partial charge in [-0.15, -0.1) is 0 Å². The van der Waals surface area contributed by atoms with Crippen molar-refractivity contribution in [2.45, 2.75) is 114 Å². The Bertz CT molecular complexity index is 1880. The van der Waals surface area contributed by atoms with Crippen LogP contribution in [0, 0.1) is 23.6 Å². The third kappa shape index (κ3) is 8.34. The summed E-state index contributed by atoms with van der Waals surface area (Å²) in [5.41, 5.74) is -2.37. The second-order valence-electron chi connectivity index (χ2n) is 15.9. The smallest absolute Gasteiger partial charge is 0.408 e. The highest BCUT2D eigenvalue weighted by atomic mass is 32.2. The van der Waals surface area contributed by atoms with E-state index in [1.165, 1.54) is 23.2 Å². The third-order valence-electron chi connectivity index (χ3n) is 10.3. The van der Waals surface area contributed by atoms with E-state index in [2.05, 4.69) is 27.3 Å². The molecule has 0 unspecified atom stereocenters. The third-order valence-corrected chi connectivity index (χ3v) is 12.1. The normalized spacial score (nSPS) is 30.5. The number of hydrogen-bond acceptors (Lipinski definition) is 9. The standard InChI is InChI=1S/C37H48FN5O8S/c1-21-8-6-7-9-24-19-37(24,34(46)42-52(48,49)27-12-13-27)41-31(44)29-18-26(50-32-28-17-25(38)11-10-23(28)14-15-39-32)20-43(29)33(45)30(22(2)16-21)40-35(47)51-36(3,4)5/h7,9-11,14-15,17,21-22,24,26-27,29-30H,6,8,12-13,16,18-20H2,1-5H3,(H,40,47)(H,41,44)(H,42,46)/b9-7-/t21-,22-,24-,26-,29+,30+,37-/m1/s1. The summed E-state index contributed by atoms with van der Waals surface area (Å²) in [6.45, 7) is 8.99. The molecule has 1 aromatic heterocycles. The van der Waals surface area contributed by atoms with Crippen molar-refractivity contribution >= 4 is 44.6 Å². The summed E-state index contributed by atoms with van der Waals surface area (Å²) in [5, 5.41) is 6.06. The van der Waals surface area contributed by atoms with Gasteiger partial charge in [0.15, 0.2) is 0 Å². The van der Waals surface area contributed by atoms with E-state index >= 15 is 0 Å². The maximum absolute atomic E-state index is 14.6. The average Bonchev–Trinajstić information content (AvgIpc) is 3.98. The van der Waals surface area contributed by atoms with Crippen LogP contribution in [0.25, 0.3) is 10.8 Å². The zero-order chi connectivity index (χ0) is 37.6. The summed E-state index contributed by atoms with van der Waals surface area (Å²) >= 11 is 0. The summed E-state index contributed by atoms with van der Waals surface area (Å²) in [5.74, 6) is -3.08. The van der Waals surface area contributed by atoms with E-state index < -0.39 is 80.2 Å². The zero-order valence-corrected chi connectivity index (χ0v) is 31.0. The van der Waals surface area contributed by atoms with Crippen LogP contribution < -0.4 is 20.1 Å². The molecule has 3 fully saturated rings. The second kappa shape index (κ2) is 14.3. The van der Waals surface area contributed by atoms with Crippen molar-refractivity contribution < 1.29 is 41.5 Å². The lowest BCUT2D eigenvalue weighted by molar-refractivity contribution is -0.142. The van der Waals surface area contributed by atoms with Crippen LogP contribution in [0.2, 0.25) is 0 Å². The summed E-state index contributed by atoms with van der Waals surface area (Å²) < 4.78 is 53.9. The number of allylic oxidation sites excluding steroid dienone is 1. The number of rotatable bonds is 6. The number of benzene rings is 1. The van der Waals surface area contributed by atoms with Gasteiger partial charge >= 0.3 is 6.09 Å². The van der Waals surface area contributed by atoms with Crippen molar-refractivity contribution in [3.8, 4) is 5.88 Å². The largest absolute Gasteiger partial charge is 0.472 e. The fourth-order valence-corrected chi connectivity index (χ4v) is 8.66. The first-order chi connectivity index (χ1) is 24.5. The number of nitrogens with zero attached hydrogens (tertiary/aromatic N) is 2. The number of sulfonamides is 1. The molecular formula is C37H48FN5O8S. The molecule has 6 rings (SSSR count). The van der Waals surface area contributed by atoms with Gasteiger partial charge in [0.25, 0.3) is 5.91 Å². The molecule has 0 spiro atoms. The van der Waals surface area contributed by atoms with Gasteiger partial charge in [0.2, 0.25) is 27.7 Å². The molecule has 52 heavy (non-hydrogen) atoms. The van der Waals surface area contributed by atoms with Crippen molar-refractivity contribution in [2.24, 2.45) is 17.8 Å². The van der Waals surface area contributed by atoms with E-state index in [9.17, 15) is 32.0 Å². The molecule has 15 heteroatoms. The van der Waals surface area contributed by atoms with Gasteiger partial charge in [-0.3, -0.25) is 19.1 Å². The van der Waals surface area contributed by atoms with Gasteiger partial charge in [-0.05, 0) is 94.7 Å². The van der Waals surface area contributed by atoms with E-state index in [0.717, 1.165) is 6.42 Å². The molecule has 1 saturated heterocycles. The number of ether oxygens (including phenoxy) is 2. The molecule has 0 radical (unpaired) electrons. The van der Waals surface area contributed by atoms with Gasteiger partial charge < -0.3 is 25.0 Å². The molecular weight excluding hydrogens is 693 g/mol. The predicted octanol–water partition coefficient (Wildman–Crippen LogP) is 4.11. The number of fused-ring (bicyclic) bond motifs is 3. The molecule has 13 nitrogen and oxygen atoms in total. The van der Waals surface area contributed by atoms with Crippen LogP contribution >= 0.6 is 0 Å². The molecule has 3 N–H and O–H groups in total. The Morgan fingerprint density at radius 3 is 2.56 bits per heavy atom. The Kier molecular flexibility index (Phi) is 10.3. The highest BCUT2D eigenvalue weighted by Gasteiger charge is 2.62. The van der Waals surface area contributed by atoms with Gasteiger partial charge in [0, 0.05) is 23.9 Å². The molecule has 2 aliphatic heterocycles. The summed E-state index contributed by atoms with van der Waals surface area (Å²) in [6.07, 6.45) is 6.80. The van der Waals surface area contributed by atoms with E-state index in [4.69, 9.17) is 9.47 Å². The first-order valence-corrected chi connectivity index (χ1v) is 19.6. The Labute approximate surface area is 303 Å². The molecule has 282 valence electrons. The fraction of sp³-hybridized carbons (Fsp3) is 0.595. The van der Waals surface area contributed by atoms with Crippen LogP contribution in [0.15, 0.2) is 42.6 Å². The van der Waals surface area contributed by atoms with Crippen LogP contribution in [0.1, 0.15) is 79.6 Å². The fourth-order valence-electron chi connectivity index (χ4n) is 7.30. The molecule has 0 bridgehead atoms.